The van der Waals surface area contributed by atoms with Crippen molar-refractivity contribution < 1.29 is 13.9 Å². The fourth-order valence-electron chi connectivity index (χ4n) is 1.24. The summed E-state index contributed by atoms with van der Waals surface area (Å²) in [5.74, 6) is -0.400. The van der Waals surface area contributed by atoms with Crippen molar-refractivity contribution in [3.05, 3.63) is 34.8 Å². The summed E-state index contributed by atoms with van der Waals surface area (Å²) in [4.78, 5) is 0. The highest BCUT2D eigenvalue weighted by atomic mass is 35.5. The van der Waals surface area contributed by atoms with Gasteiger partial charge in [0.05, 0.1) is 12.0 Å². The lowest BCUT2D eigenvalue weighted by Gasteiger charge is -1.97. The number of hydrogen-bond donors (Lipinski definition) is 1. The van der Waals surface area contributed by atoms with Gasteiger partial charge in [-0.25, -0.2) is 4.39 Å². The minimum Gasteiger partial charge on any atom is -0.444 e. The number of hydrogen-bond acceptors (Lipinski definition) is 2. The van der Waals surface area contributed by atoms with Gasteiger partial charge in [-0.2, -0.15) is 0 Å². The quantitative estimate of drug-likeness (QED) is 0.768. The molecule has 0 aliphatic rings. The third-order valence-corrected chi connectivity index (χ3v) is 2.04. The first-order valence-electron chi connectivity index (χ1n) is 3.69. The van der Waals surface area contributed by atoms with Crippen LogP contribution in [0.3, 0.4) is 0 Å². The van der Waals surface area contributed by atoms with E-state index >= 15 is 0 Å². The lowest BCUT2D eigenvalue weighted by atomic mass is 10.1. The molecule has 0 aliphatic carbocycles. The Bertz CT molecular complexity index is 450. The van der Waals surface area contributed by atoms with E-state index in [-0.39, 0.29) is 11.8 Å². The second kappa shape index (κ2) is 3.01. The summed E-state index contributed by atoms with van der Waals surface area (Å²) in [5.41, 5.74) is 0.843. The maximum Gasteiger partial charge on any atom is 0.194 e. The van der Waals surface area contributed by atoms with Gasteiger partial charge < -0.3 is 9.52 Å². The predicted octanol–water partition coefficient (Wildman–Crippen LogP) is 2.72. The van der Waals surface area contributed by atoms with E-state index in [1.54, 1.807) is 0 Å². The number of benzene rings is 1. The molecule has 0 spiro atoms. The van der Waals surface area contributed by atoms with Gasteiger partial charge in [-0.1, -0.05) is 6.07 Å². The molecule has 0 saturated heterocycles. The second-order valence-electron chi connectivity index (χ2n) is 2.66. The van der Waals surface area contributed by atoms with Crippen LogP contribution in [0.15, 0.2) is 22.6 Å². The fourth-order valence-corrected chi connectivity index (χ4v) is 1.43. The highest BCUT2D eigenvalue weighted by Gasteiger charge is 2.10. The molecule has 1 aromatic carbocycles. The van der Waals surface area contributed by atoms with Crippen LogP contribution >= 0.6 is 11.6 Å². The monoisotopic (exact) mass is 200 g/mol. The smallest absolute Gasteiger partial charge is 0.194 e. The molecule has 0 saturated carbocycles. The number of aliphatic hydroxyl groups is 1. The first-order chi connectivity index (χ1) is 6.22. The van der Waals surface area contributed by atoms with Crippen molar-refractivity contribution in [2.75, 3.05) is 0 Å². The Kier molecular flexibility index (Phi) is 1.98. The first kappa shape index (κ1) is 8.53. The first-order valence-corrected chi connectivity index (χ1v) is 4.07. The molecule has 0 unspecified atom stereocenters. The number of rotatable bonds is 1. The Hall–Kier alpha value is -1.06. The van der Waals surface area contributed by atoms with Crippen molar-refractivity contribution in [1.29, 1.82) is 0 Å². The Morgan fingerprint density at radius 3 is 2.92 bits per heavy atom. The minimum absolute atomic E-state index is 0.120. The van der Waals surface area contributed by atoms with Crippen molar-refractivity contribution in [2.24, 2.45) is 0 Å². The average molecular weight is 201 g/mol. The number of fused-ring (bicyclic) bond motifs is 1. The van der Waals surface area contributed by atoms with E-state index in [0.717, 1.165) is 0 Å². The zero-order chi connectivity index (χ0) is 9.42. The van der Waals surface area contributed by atoms with Crippen LogP contribution < -0.4 is 0 Å². The molecule has 1 aromatic heterocycles. The molecule has 0 atom stereocenters. The van der Waals surface area contributed by atoms with Crippen molar-refractivity contribution in [3.8, 4) is 0 Å². The summed E-state index contributed by atoms with van der Waals surface area (Å²) in [6.07, 6.45) is 0. The third-order valence-electron chi connectivity index (χ3n) is 1.85. The molecule has 2 rings (SSSR count). The van der Waals surface area contributed by atoms with E-state index in [1.165, 1.54) is 18.2 Å². The van der Waals surface area contributed by atoms with Crippen LogP contribution in [0.1, 0.15) is 5.56 Å². The Morgan fingerprint density at radius 2 is 2.23 bits per heavy atom. The second-order valence-corrected chi connectivity index (χ2v) is 3.03. The molecule has 13 heavy (non-hydrogen) atoms. The fraction of sp³-hybridized carbons (Fsp3) is 0.111. The third kappa shape index (κ3) is 1.30. The van der Waals surface area contributed by atoms with Crippen LogP contribution in [0, 0.1) is 5.82 Å². The summed E-state index contributed by atoms with van der Waals surface area (Å²) in [6.45, 7) is -0.194. The molecule has 0 aliphatic heterocycles. The maximum absolute atomic E-state index is 13.1. The summed E-state index contributed by atoms with van der Waals surface area (Å²) >= 11 is 5.57. The normalized spacial score (nSPS) is 11.0. The Morgan fingerprint density at radius 1 is 1.46 bits per heavy atom. The Labute approximate surface area is 78.5 Å². The molecule has 2 aromatic rings. The van der Waals surface area contributed by atoms with Crippen LogP contribution in [0.4, 0.5) is 4.39 Å². The molecule has 1 heterocycles. The van der Waals surface area contributed by atoms with Gasteiger partial charge in [0.15, 0.2) is 5.22 Å². The number of furan rings is 1. The van der Waals surface area contributed by atoms with Crippen LogP contribution in [0.25, 0.3) is 11.0 Å². The SMILES string of the molecule is OCc1ccc(F)c2cc(Cl)oc12. The highest BCUT2D eigenvalue weighted by molar-refractivity contribution is 6.29. The van der Waals surface area contributed by atoms with E-state index in [4.69, 9.17) is 21.1 Å². The highest BCUT2D eigenvalue weighted by Crippen LogP contribution is 2.28. The molecule has 68 valence electrons. The van der Waals surface area contributed by atoms with Crippen LogP contribution in [-0.2, 0) is 6.61 Å². The lowest BCUT2D eigenvalue weighted by molar-refractivity contribution is 0.281. The molecule has 0 amide bonds. The molecular formula is C9H6ClFO2. The van der Waals surface area contributed by atoms with E-state index in [2.05, 4.69) is 0 Å². The average Bonchev–Trinajstić information content (AvgIpc) is 2.48. The molecular weight excluding hydrogens is 195 g/mol. The predicted molar refractivity (Wildman–Crippen MR) is 47.1 cm³/mol. The lowest BCUT2D eigenvalue weighted by Crippen LogP contribution is -1.85. The van der Waals surface area contributed by atoms with Gasteiger partial charge in [-0.05, 0) is 17.7 Å². The zero-order valence-electron chi connectivity index (χ0n) is 6.55. The summed E-state index contributed by atoms with van der Waals surface area (Å²) in [7, 11) is 0. The van der Waals surface area contributed by atoms with E-state index in [0.29, 0.717) is 16.5 Å². The number of aliphatic hydroxyl groups excluding tert-OH is 1. The maximum atomic E-state index is 13.1. The van der Waals surface area contributed by atoms with Gasteiger partial charge in [-0.15, -0.1) is 0 Å². The van der Waals surface area contributed by atoms with Crippen LogP contribution in [-0.4, -0.2) is 5.11 Å². The summed E-state index contributed by atoms with van der Waals surface area (Å²) < 4.78 is 18.2. The van der Waals surface area contributed by atoms with E-state index < -0.39 is 5.82 Å². The molecule has 1 N–H and O–H groups in total. The largest absolute Gasteiger partial charge is 0.444 e. The van der Waals surface area contributed by atoms with Gasteiger partial charge in [0.2, 0.25) is 0 Å². The van der Waals surface area contributed by atoms with Crippen molar-refractivity contribution in [3.63, 3.8) is 0 Å². The van der Waals surface area contributed by atoms with E-state index in [9.17, 15) is 4.39 Å². The molecule has 0 fully saturated rings. The van der Waals surface area contributed by atoms with Crippen LogP contribution in [0.2, 0.25) is 5.22 Å². The molecule has 4 heteroatoms. The van der Waals surface area contributed by atoms with Gasteiger partial charge in [-0.3, -0.25) is 0 Å². The van der Waals surface area contributed by atoms with Gasteiger partial charge in [0.1, 0.15) is 11.4 Å². The van der Waals surface area contributed by atoms with Gasteiger partial charge in [0, 0.05) is 11.6 Å². The Balaban J connectivity index is 2.83. The topological polar surface area (TPSA) is 33.4 Å². The summed E-state index contributed by atoms with van der Waals surface area (Å²) in [5, 5.41) is 9.33. The molecule has 2 nitrogen and oxygen atoms in total. The molecule has 0 radical (unpaired) electrons. The van der Waals surface area contributed by atoms with Gasteiger partial charge in [0.25, 0.3) is 0 Å². The van der Waals surface area contributed by atoms with Crippen molar-refractivity contribution in [1.82, 2.24) is 0 Å². The minimum atomic E-state index is -0.400. The van der Waals surface area contributed by atoms with Crippen molar-refractivity contribution >= 4 is 22.6 Å². The van der Waals surface area contributed by atoms with E-state index in [1.807, 2.05) is 0 Å². The summed E-state index contributed by atoms with van der Waals surface area (Å²) in [6, 6.07) is 4.14. The van der Waals surface area contributed by atoms with Crippen molar-refractivity contribution in [2.45, 2.75) is 6.61 Å². The number of halogens is 2. The molecule has 0 bridgehead atoms. The van der Waals surface area contributed by atoms with Gasteiger partial charge >= 0.3 is 0 Å². The van der Waals surface area contributed by atoms with Crippen LogP contribution in [0.5, 0.6) is 0 Å². The zero-order valence-corrected chi connectivity index (χ0v) is 7.31. The standard InChI is InChI=1S/C9H6ClFO2/c10-8-3-6-7(11)2-1-5(4-12)9(6)13-8/h1-3,12H,4H2.